The number of carbonyl (C=O) groups excluding carboxylic acids is 1. The minimum absolute atomic E-state index is 0.0353. The molecule has 0 aliphatic heterocycles. The fourth-order valence-corrected chi connectivity index (χ4v) is 3.07. The van der Waals surface area contributed by atoms with Gasteiger partial charge < -0.3 is 9.64 Å². The number of benzene rings is 2. The van der Waals surface area contributed by atoms with Gasteiger partial charge in [0.1, 0.15) is 5.69 Å². The van der Waals surface area contributed by atoms with Crippen LogP contribution in [-0.2, 0) is 11.2 Å². The number of aromatic nitrogens is 1. The lowest BCUT2D eigenvalue weighted by Crippen LogP contribution is -2.35. The van der Waals surface area contributed by atoms with Crippen LogP contribution in [0.5, 0.6) is 0 Å². The van der Waals surface area contributed by atoms with Crippen LogP contribution in [0, 0.1) is 0 Å². The Labute approximate surface area is 154 Å². The van der Waals surface area contributed by atoms with Crippen molar-refractivity contribution in [3.05, 3.63) is 78.1 Å². The first kappa shape index (κ1) is 18.1. The zero-order valence-electron chi connectivity index (χ0n) is 15.1. The fourth-order valence-electron chi connectivity index (χ4n) is 3.07. The third kappa shape index (κ3) is 4.46. The first-order chi connectivity index (χ1) is 12.8. The molecule has 134 valence electrons. The molecule has 0 bridgehead atoms. The van der Waals surface area contributed by atoms with Crippen LogP contribution in [0.2, 0.25) is 0 Å². The Bertz CT molecular complexity index is 844. The smallest absolute Gasteiger partial charge is 0.273 e. The van der Waals surface area contributed by atoms with E-state index in [-0.39, 0.29) is 5.91 Å². The van der Waals surface area contributed by atoms with Gasteiger partial charge in [0.2, 0.25) is 0 Å². The molecular weight excluding hydrogens is 324 g/mol. The molecule has 2 aromatic carbocycles. The first-order valence-electron chi connectivity index (χ1n) is 8.95. The molecule has 0 aliphatic rings. The number of nitrogens with zero attached hydrogens (tertiary/aromatic N) is 2. The quantitative estimate of drug-likeness (QED) is 0.619. The van der Waals surface area contributed by atoms with E-state index in [0.717, 1.165) is 23.6 Å². The van der Waals surface area contributed by atoms with Crippen LogP contribution in [0.4, 0.5) is 0 Å². The van der Waals surface area contributed by atoms with Gasteiger partial charge >= 0.3 is 0 Å². The molecule has 0 aliphatic carbocycles. The molecule has 0 saturated heterocycles. The molecule has 4 nitrogen and oxygen atoms in total. The second-order valence-corrected chi connectivity index (χ2v) is 6.25. The summed E-state index contributed by atoms with van der Waals surface area (Å²) in [5, 5.41) is 1.92. The fraction of sp³-hybridized carbons (Fsp3) is 0.273. The van der Waals surface area contributed by atoms with Crippen molar-refractivity contribution in [3.63, 3.8) is 0 Å². The SMILES string of the molecule is COCCN(CCCc1ccccc1)C(=O)c1nccc2ccccc12. The number of hydrogen-bond acceptors (Lipinski definition) is 3. The van der Waals surface area contributed by atoms with Crippen molar-refractivity contribution < 1.29 is 9.53 Å². The Morgan fingerprint density at radius 1 is 1.00 bits per heavy atom. The molecular formula is C22H24N2O2. The summed E-state index contributed by atoms with van der Waals surface area (Å²) < 4.78 is 5.20. The summed E-state index contributed by atoms with van der Waals surface area (Å²) in [5.41, 5.74) is 1.80. The Morgan fingerprint density at radius 3 is 2.58 bits per heavy atom. The number of ether oxygens (including phenoxy) is 1. The van der Waals surface area contributed by atoms with Crippen LogP contribution in [0.3, 0.4) is 0 Å². The molecule has 1 aromatic heterocycles. The topological polar surface area (TPSA) is 42.4 Å². The molecule has 0 saturated carbocycles. The minimum atomic E-state index is -0.0353. The lowest BCUT2D eigenvalue weighted by atomic mass is 10.1. The van der Waals surface area contributed by atoms with Gasteiger partial charge in [0.15, 0.2) is 0 Å². The summed E-state index contributed by atoms with van der Waals surface area (Å²) in [4.78, 5) is 19.3. The Morgan fingerprint density at radius 2 is 1.77 bits per heavy atom. The van der Waals surface area contributed by atoms with Crippen molar-refractivity contribution in [1.82, 2.24) is 9.88 Å². The third-order valence-electron chi connectivity index (χ3n) is 4.47. The summed E-state index contributed by atoms with van der Waals surface area (Å²) in [6, 6.07) is 20.1. The van der Waals surface area contributed by atoms with Crippen molar-refractivity contribution in [1.29, 1.82) is 0 Å². The molecule has 0 fully saturated rings. The second kappa shape index (κ2) is 9.11. The predicted octanol–water partition coefficient (Wildman–Crippen LogP) is 3.96. The largest absolute Gasteiger partial charge is 0.383 e. The summed E-state index contributed by atoms with van der Waals surface area (Å²) in [6.45, 7) is 1.76. The average molecular weight is 348 g/mol. The Kier molecular flexibility index (Phi) is 6.34. The van der Waals surface area contributed by atoms with E-state index in [1.807, 2.05) is 53.4 Å². The highest BCUT2D eigenvalue weighted by molar-refractivity contribution is 6.05. The lowest BCUT2D eigenvalue weighted by molar-refractivity contribution is 0.0690. The van der Waals surface area contributed by atoms with Gasteiger partial charge in [-0.05, 0) is 29.9 Å². The molecule has 3 aromatic rings. The van der Waals surface area contributed by atoms with Crippen LogP contribution < -0.4 is 0 Å². The van der Waals surface area contributed by atoms with Crippen molar-refractivity contribution in [2.45, 2.75) is 12.8 Å². The van der Waals surface area contributed by atoms with E-state index in [1.165, 1.54) is 5.56 Å². The number of hydrogen-bond donors (Lipinski definition) is 0. The molecule has 0 unspecified atom stereocenters. The van der Waals surface area contributed by atoms with Gasteiger partial charge in [0.05, 0.1) is 6.61 Å². The maximum absolute atomic E-state index is 13.1. The van der Waals surface area contributed by atoms with Crippen molar-refractivity contribution in [2.24, 2.45) is 0 Å². The predicted molar refractivity (Wildman–Crippen MR) is 104 cm³/mol. The van der Waals surface area contributed by atoms with Gasteiger partial charge in [-0.1, -0.05) is 54.6 Å². The molecule has 3 rings (SSSR count). The van der Waals surface area contributed by atoms with Crippen molar-refractivity contribution >= 4 is 16.7 Å². The normalized spacial score (nSPS) is 10.8. The maximum Gasteiger partial charge on any atom is 0.273 e. The zero-order chi connectivity index (χ0) is 18.2. The van der Waals surface area contributed by atoms with Gasteiger partial charge in [0, 0.05) is 31.8 Å². The monoisotopic (exact) mass is 348 g/mol. The molecule has 4 heteroatoms. The van der Waals surface area contributed by atoms with E-state index in [9.17, 15) is 4.79 Å². The third-order valence-corrected chi connectivity index (χ3v) is 4.47. The maximum atomic E-state index is 13.1. The van der Waals surface area contributed by atoms with E-state index in [0.29, 0.717) is 25.4 Å². The van der Waals surface area contributed by atoms with Gasteiger partial charge in [-0.2, -0.15) is 0 Å². The van der Waals surface area contributed by atoms with Crippen LogP contribution in [0.25, 0.3) is 10.8 Å². The second-order valence-electron chi connectivity index (χ2n) is 6.25. The summed E-state index contributed by atoms with van der Waals surface area (Å²) in [5.74, 6) is -0.0353. The highest BCUT2D eigenvalue weighted by atomic mass is 16.5. The summed E-state index contributed by atoms with van der Waals surface area (Å²) in [6.07, 6.45) is 3.55. The van der Waals surface area contributed by atoms with Gasteiger partial charge in [-0.3, -0.25) is 9.78 Å². The van der Waals surface area contributed by atoms with Crippen LogP contribution in [0.1, 0.15) is 22.5 Å². The number of amides is 1. The van der Waals surface area contributed by atoms with E-state index < -0.39 is 0 Å². The molecule has 0 spiro atoms. The highest BCUT2D eigenvalue weighted by Gasteiger charge is 2.19. The van der Waals surface area contributed by atoms with E-state index >= 15 is 0 Å². The van der Waals surface area contributed by atoms with E-state index in [4.69, 9.17) is 4.74 Å². The number of methoxy groups -OCH3 is 1. The van der Waals surface area contributed by atoms with Gasteiger partial charge in [0.25, 0.3) is 5.91 Å². The summed E-state index contributed by atoms with van der Waals surface area (Å²) >= 11 is 0. The number of fused-ring (bicyclic) bond motifs is 1. The number of aryl methyl sites for hydroxylation is 1. The van der Waals surface area contributed by atoms with Crippen molar-refractivity contribution in [2.75, 3.05) is 26.8 Å². The lowest BCUT2D eigenvalue weighted by Gasteiger charge is -2.22. The number of pyridine rings is 1. The Balaban J connectivity index is 1.74. The van der Waals surface area contributed by atoms with Crippen molar-refractivity contribution in [3.8, 4) is 0 Å². The number of rotatable bonds is 8. The summed E-state index contributed by atoms with van der Waals surface area (Å²) in [7, 11) is 1.66. The average Bonchev–Trinajstić information content (AvgIpc) is 2.70. The van der Waals surface area contributed by atoms with E-state index in [1.54, 1.807) is 13.3 Å². The standard InChI is InChI=1S/C22H24N2O2/c1-26-17-16-24(15-7-10-18-8-3-2-4-9-18)22(25)21-20-12-6-5-11-19(20)13-14-23-21/h2-6,8-9,11-14H,7,10,15-17H2,1H3. The van der Waals surface area contributed by atoms with Crippen LogP contribution >= 0.6 is 0 Å². The Hall–Kier alpha value is -2.72. The van der Waals surface area contributed by atoms with Gasteiger partial charge in [-0.25, -0.2) is 0 Å². The zero-order valence-corrected chi connectivity index (χ0v) is 15.1. The molecule has 0 atom stereocenters. The molecule has 0 radical (unpaired) electrons. The molecule has 1 heterocycles. The first-order valence-corrected chi connectivity index (χ1v) is 8.95. The minimum Gasteiger partial charge on any atom is -0.383 e. The van der Waals surface area contributed by atoms with Crippen LogP contribution in [-0.4, -0.2) is 42.6 Å². The molecule has 0 N–H and O–H groups in total. The van der Waals surface area contributed by atoms with Gasteiger partial charge in [-0.15, -0.1) is 0 Å². The van der Waals surface area contributed by atoms with Crippen LogP contribution in [0.15, 0.2) is 66.9 Å². The molecule has 1 amide bonds. The van der Waals surface area contributed by atoms with E-state index in [2.05, 4.69) is 17.1 Å². The number of carbonyl (C=O) groups is 1. The molecule has 26 heavy (non-hydrogen) atoms. The highest BCUT2D eigenvalue weighted by Crippen LogP contribution is 2.18.